The van der Waals surface area contributed by atoms with Crippen LogP contribution in [0.3, 0.4) is 0 Å². The average Bonchev–Trinajstić information content (AvgIpc) is 1.65. The van der Waals surface area contributed by atoms with E-state index in [9.17, 15) is 0 Å². The fourth-order valence-electron chi connectivity index (χ4n) is 0. The van der Waals surface area contributed by atoms with E-state index in [1.807, 2.05) is 0 Å². The van der Waals surface area contributed by atoms with Gasteiger partial charge in [0.2, 0.25) is 0 Å². The molecule has 0 radical (unpaired) electrons. The van der Waals surface area contributed by atoms with Crippen LogP contribution in [0.2, 0.25) is 0 Å². The molecule has 0 aliphatic carbocycles. The van der Waals surface area contributed by atoms with Gasteiger partial charge in [0.15, 0.2) is 0 Å². The van der Waals surface area contributed by atoms with Crippen LogP contribution in [0.25, 0.3) is 0 Å². The zero-order chi connectivity index (χ0) is 4.99. The molecule has 0 aliphatic heterocycles. The highest BCUT2D eigenvalue weighted by Gasteiger charge is 1.43. The average molecular weight is 61.1 g/mol. The van der Waals surface area contributed by atoms with Crippen molar-refractivity contribution in [3.63, 3.8) is 0 Å². The minimum absolute atomic E-state index is 0.162. The lowest BCUT2D eigenvalue weighted by Crippen LogP contribution is -1.90. The first-order valence-corrected chi connectivity index (χ1v) is 1.05. The van der Waals surface area contributed by atoms with Crippen LogP contribution in [-0.2, 0) is 0 Å². The van der Waals surface area contributed by atoms with Gasteiger partial charge in [-0.1, -0.05) is 6.05 Å². The number of hydrogen-bond donors (Lipinski definition) is 1. The Balaban J connectivity index is 3.22. The monoisotopic (exact) mass is 61.1 g/mol. The van der Waals surface area contributed by atoms with Crippen LogP contribution in [-0.4, -0.2) is 6.54 Å². The summed E-state index contributed by atoms with van der Waals surface area (Å²) in [6, 6.07) is 0.162. The molecule has 0 heterocycles. The Kier molecular flexibility index (Phi) is 0.824. The molecule has 0 fully saturated rings. The Morgan fingerprint density at radius 3 is 3.50 bits per heavy atom. The Morgan fingerprint density at radius 2 is 3.50 bits per heavy atom. The van der Waals surface area contributed by atoms with Gasteiger partial charge in [0.05, 0.1) is 2.74 Å². The second kappa shape index (κ2) is 2.70. The molecule has 1 heteroatoms. The molecule has 0 saturated carbocycles. The van der Waals surface area contributed by atoms with Crippen LogP contribution >= 0.6 is 0 Å². The molecule has 0 spiro atoms. The maximum absolute atomic E-state index is 6.62. The maximum Gasteiger partial charge on any atom is 0.0583 e. The summed E-state index contributed by atoms with van der Waals surface area (Å²) in [6.45, 7) is 1.10. The van der Waals surface area contributed by atoms with Crippen molar-refractivity contribution in [2.24, 2.45) is 5.73 Å². The Labute approximate surface area is 28.9 Å². The number of rotatable bonds is 1. The molecule has 2 N–H and O–H groups in total. The molecule has 24 valence electrons. The first-order valence-electron chi connectivity index (χ1n) is 2.13. The van der Waals surface area contributed by atoms with Crippen molar-refractivity contribution in [2.75, 3.05) is 6.54 Å². The second-order valence-corrected chi connectivity index (χ2v) is 0.408. The Hall–Kier alpha value is -0.300. The highest BCUT2D eigenvalue weighted by atomic mass is 14.5. The predicted octanol–water partition coefficient (Wildman–Crippen LogP) is 0.131. The topological polar surface area (TPSA) is 26.0 Å². The molecular formula is C3H7N. The van der Waals surface area contributed by atoms with Gasteiger partial charge < -0.3 is 5.73 Å². The highest BCUT2D eigenvalue weighted by Crippen LogP contribution is 1.40. The van der Waals surface area contributed by atoms with E-state index in [1.54, 1.807) is 0 Å². The lowest BCUT2D eigenvalue weighted by Gasteiger charge is -1.61. The van der Waals surface area contributed by atoms with Crippen LogP contribution in [0, 0.1) is 0 Å². The fourth-order valence-corrected chi connectivity index (χ4v) is 0. The van der Waals surface area contributed by atoms with E-state index >= 15 is 0 Å². The van der Waals surface area contributed by atoms with E-state index < -0.39 is 0 Å². The molecular weight excluding hydrogens is 50.0 g/mol. The van der Waals surface area contributed by atoms with Crippen molar-refractivity contribution in [1.82, 2.24) is 0 Å². The molecule has 0 amide bonds. The summed E-state index contributed by atoms with van der Waals surface area (Å²) in [7, 11) is 0. The molecule has 0 aromatic rings. The SMILES string of the molecule is [3H]C=C([3H])CN. The van der Waals surface area contributed by atoms with Gasteiger partial charge in [-0.25, -0.2) is 0 Å². The van der Waals surface area contributed by atoms with Crippen molar-refractivity contribution >= 4 is 0 Å². The zero-order valence-electron chi connectivity index (χ0n) is 4.36. The Bertz CT molecular complexity index is 59.8. The molecule has 0 aromatic carbocycles. The standard InChI is InChI=1S/C3H7N/c1-2-3-4/h2H,1,3-4H2/i1T,2T. The lowest BCUT2D eigenvalue weighted by molar-refractivity contribution is 1.26. The van der Waals surface area contributed by atoms with Crippen molar-refractivity contribution in [1.29, 1.82) is 0 Å². The minimum Gasteiger partial charge on any atom is -0.327 e. The van der Waals surface area contributed by atoms with E-state index in [1.165, 1.54) is 0 Å². The van der Waals surface area contributed by atoms with Crippen molar-refractivity contribution in [2.45, 2.75) is 0 Å². The summed E-state index contributed by atoms with van der Waals surface area (Å²) in [5.41, 5.74) is 4.91. The van der Waals surface area contributed by atoms with Crippen LogP contribution < -0.4 is 5.73 Å². The normalized spacial score (nSPS) is 18.8. The largest absolute Gasteiger partial charge is 0.327 e. The predicted molar refractivity (Wildman–Crippen MR) is 19.3 cm³/mol. The minimum atomic E-state index is 0.162. The van der Waals surface area contributed by atoms with Crippen molar-refractivity contribution in [3.05, 3.63) is 12.6 Å². The van der Waals surface area contributed by atoms with Gasteiger partial charge in [-0.2, -0.15) is 0 Å². The van der Waals surface area contributed by atoms with Gasteiger partial charge in [0.1, 0.15) is 0 Å². The fraction of sp³-hybridized carbons (Fsp3) is 0.333. The van der Waals surface area contributed by atoms with E-state index in [0.717, 1.165) is 6.55 Å². The summed E-state index contributed by atoms with van der Waals surface area (Å²) in [5, 5.41) is 0. The summed E-state index contributed by atoms with van der Waals surface area (Å²) < 4.78 is 13.0. The molecule has 4 heavy (non-hydrogen) atoms. The summed E-state index contributed by atoms with van der Waals surface area (Å²) >= 11 is 0. The summed E-state index contributed by atoms with van der Waals surface area (Å²) in [4.78, 5) is 0. The van der Waals surface area contributed by atoms with Gasteiger partial charge in [0.25, 0.3) is 0 Å². The van der Waals surface area contributed by atoms with Crippen LogP contribution in [0.5, 0.6) is 0 Å². The summed E-state index contributed by atoms with van der Waals surface area (Å²) in [5.74, 6) is 0. The maximum atomic E-state index is 6.62. The van der Waals surface area contributed by atoms with Gasteiger partial charge in [-0.15, -0.1) is 6.55 Å². The lowest BCUT2D eigenvalue weighted by atomic mass is 10.7. The zero-order valence-corrected chi connectivity index (χ0v) is 2.36. The molecule has 1 nitrogen and oxygen atoms in total. The van der Waals surface area contributed by atoms with Crippen LogP contribution in [0.4, 0.5) is 0 Å². The van der Waals surface area contributed by atoms with E-state index in [0.29, 0.717) is 0 Å². The van der Waals surface area contributed by atoms with E-state index in [2.05, 4.69) is 0 Å². The quantitative estimate of drug-likeness (QED) is 0.428. The van der Waals surface area contributed by atoms with Crippen LogP contribution in [0.1, 0.15) is 2.74 Å². The van der Waals surface area contributed by atoms with Crippen molar-refractivity contribution in [3.8, 4) is 0 Å². The Morgan fingerprint density at radius 1 is 2.75 bits per heavy atom. The van der Waals surface area contributed by atoms with Crippen LogP contribution in [0.15, 0.2) is 12.6 Å². The second-order valence-electron chi connectivity index (χ2n) is 0.408. The third-order valence-corrected chi connectivity index (χ3v) is 0.118. The van der Waals surface area contributed by atoms with Gasteiger partial charge in [0, 0.05) is 6.54 Å². The number of nitrogens with two attached hydrogens (primary N) is 1. The summed E-state index contributed by atoms with van der Waals surface area (Å²) in [6.07, 6.45) is 0. The van der Waals surface area contributed by atoms with Gasteiger partial charge in [-0.3, -0.25) is 0 Å². The first-order chi connectivity index (χ1) is 2.81. The first kappa shape index (κ1) is 1.22. The third-order valence-electron chi connectivity index (χ3n) is 0.118. The van der Waals surface area contributed by atoms with Crippen molar-refractivity contribution < 1.29 is 2.74 Å². The molecule has 0 rings (SSSR count). The van der Waals surface area contributed by atoms with Gasteiger partial charge in [-0.05, 0) is 0 Å². The number of hydrogen-bond acceptors (Lipinski definition) is 1. The van der Waals surface area contributed by atoms with E-state index in [4.69, 9.17) is 8.48 Å². The van der Waals surface area contributed by atoms with Gasteiger partial charge >= 0.3 is 0 Å². The smallest absolute Gasteiger partial charge is 0.0583 e. The van der Waals surface area contributed by atoms with E-state index in [-0.39, 0.29) is 12.6 Å². The highest BCUT2D eigenvalue weighted by molar-refractivity contribution is 4.64. The third kappa shape index (κ3) is 1.70. The molecule has 0 atom stereocenters. The molecule has 0 unspecified atom stereocenters. The molecule has 0 aromatic heterocycles. The molecule has 0 bridgehead atoms. The molecule has 0 saturated heterocycles. The molecule has 0 aliphatic rings.